The van der Waals surface area contributed by atoms with Gasteiger partial charge in [-0.15, -0.1) is 0 Å². The predicted molar refractivity (Wildman–Crippen MR) is 103 cm³/mol. The molecule has 8 nitrogen and oxygen atoms in total. The molecule has 0 bridgehead atoms. The van der Waals surface area contributed by atoms with E-state index >= 15 is 0 Å². The molecule has 2 aliphatic rings. The minimum absolute atomic E-state index is 0.0814. The van der Waals surface area contributed by atoms with Crippen molar-refractivity contribution in [1.29, 1.82) is 0 Å². The number of carbonyl (C=O) groups is 2. The second kappa shape index (κ2) is 9.08. The van der Waals surface area contributed by atoms with E-state index in [1.54, 1.807) is 6.20 Å². The number of fused-ring (bicyclic) bond motifs is 1. The third-order valence-corrected chi connectivity index (χ3v) is 4.57. The van der Waals surface area contributed by atoms with Crippen molar-refractivity contribution < 1.29 is 27.9 Å². The molecule has 0 radical (unpaired) electrons. The van der Waals surface area contributed by atoms with Crippen LogP contribution in [-0.2, 0) is 16.0 Å². The highest BCUT2D eigenvalue weighted by molar-refractivity contribution is 5.94. The number of halogens is 3. The molecule has 160 valence electrons. The number of benzene rings is 1. The summed E-state index contributed by atoms with van der Waals surface area (Å²) in [6.07, 6.45) is -0.888. The Balaban J connectivity index is 0.000000318. The molecule has 1 fully saturated rings. The molecule has 1 unspecified atom stereocenters. The smallest absolute Gasteiger partial charge is 0.475 e. The van der Waals surface area contributed by atoms with Crippen LogP contribution in [0.25, 0.3) is 11.4 Å². The van der Waals surface area contributed by atoms with Crippen molar-refractivity contribution in [2.24, 2.45) is 0 Å². The number of aromatic nitrogens is 2. The maximum atomic E-state index is 11.4. The molecular formula is C19H20F3N5O3. The summed E-state index contributed by atoms with van der Waals surface area (Å²) in [4.78, 5) is 29.4. The van der Waals surface area contributed by atoms with Gasteiger partial charge in [-0.3, -0.25) is 4.79 Å². The van der Waals surface area contributed by atoms with Gasteiger partial charge in [0.1, 0.15) is 5.82 Å². The monoisotopic (exact) mass is 423 g/mol. The van der Waals surface area contributed by atoms with Crippen LogP contribution in [0.4, 0.5) is 24.7 Å². The van der Waals surface area contributed by atoms with Crippen molar-refractivity contribution in [1.82, 2.24) is 15.3 Å². The summed E-state index contributed by atoms with van der Waals surface area (Å²) in [6.45, 7) is 2.02. The van der Waals surface area contributed by atoms with E-state index in [2.05, 4.69) is 32.0 Å². The zero-order valence-electron chi connectivity index (χ0n) is 15.8. The number of anilines is 2. The molecule has 0 spiro atoms. The van der Waals surface area contributed by atoms with Crippen molar-refractivity contribution in [3.05, 3.63) is 36.0 Å². The van der Waals surface area contributed by atoms with Gasteiger partial charge in [0.05, 0.1) is 0 Å². The summed E-state index contributed by atoms with van der Waals surface area (Å²) in [5, 5.41) is 16.8. The molecule has 2 aromatic rings. The summed E-state index contributed by atoms with van der Waals surface area (Å²) in [6, 6.07) is 8.30. The van der Waals surface area contributed by atoms with E-state index in [0.717, 1.165) is 48.6 Å². The second-order valence-corrected chi connectivity index (χ2v) is 6.82. The maximum absolute atomic E-state index is 11.4. The van der Waals surface area contributed by atoms with E-state index in [4.69, 9.17) is 9.90 Å². The Kier molecular flexibility index (Phi) is 6.50. The third-order valence-electron chi connectivity index (χ3n) is 4.57. The molecule has 1 saturated heterocycles. The predicted octanol–water partition coefficient (Wildman–Crippen LogP) is 2.44. The molecule has 11 heteroatoms. The van der Waals surface area contributed by atoms with Gasteiger partial charge in [0.2, 0.25) is 5.91 Å². The van der Waals surface area contributed by atoms with Crippen molar-refractivity contribution >= 4 is 23.4 Å². The van der Waals surface area contributed by atoms with Crippen LogP contribution >= 0.6 is 0 Å². The summed E-state index contributed by atoms with van der Waals surface area (Å²) < 4.78 is 31.7. The first-order valence-electron chi connectivity index (χ1n) is 9.26. The lowest BCUT2D eigenvalue weighted by Crippen LogP contribution is -2.22. The number of alkyl halides is 3. The van der Waals surface area contributed by atoms with Gasteiger partial charge in [0.15, 0.2) is 5.82 Å². The van der Waals surface area contributed by atoms with Gasteiger partial charge in [-0.25, -0.2) is 14.8 Å². The number of carboxylic acid groups (broad SMARTS) is 1. The number of nitrogens with zero attached hydrogens (tertiary/aromatic N) is 2. The highest BCUT2D eigenvalue weighted by Crippen LogP contribution is 2.27. The SMILES string of the molecule is O=C(O)C(F)(F)F.O=C1CCc2cc(-c3nccc(NC4CCNC4)n3)ccc2N1. The highest BCUT2D eigenvalue weighted by atomic mass is 19.4. The van der Waals surface area contributed by atoms with Crippen LogP contribution < -0.4 is 16.0 Å². The number of carboxylic acids is 1. The van der Waals surface area contributed by atoms with Gasteiger partial charge in [-0.1, -0.05) is 0 Å². The number of rotatable bonds is 3. The Morgan fingerprint density at radius 2 is 2.00 bits per heavy atom. The highest BCUT2D eigenvalue weighted by Gasteiger charge is 2.38. The quantitative estimate of drug-likeness (QED) is 0.599. The lowest BCUT2D eigenvalue weighted by Gasteiger charge is -2.17. The minimum Gasteiger partial charge on any atom is -0.475 e. The number of nitrogens with one attached hydrogen (secondary N) is 3. The van der Waals surface area contributed by atoms with Crippen LogP contribution in [0.2, 0.25) is 0 Å². The van der Waals surface area contributed by atoms with E-state index in [0.29, 0.717) is 18.3 Å². The largest absolute Gasteiger partial charge is 0.490 e. The number of aryl methyl sites for hydroxylation is 1. The molecule has 4 rings (SSSR count). The Bertz CT molecular complexity index is 930. The Hall–Kier alpha value is -3.21. The van der Waals surface area contributed by atoms with Gasteiger partial charge in [0, 0.05) is 36.5 Å². The zero-order valence-corrected chi connectivity index (χ0v) is 15.8. The summed E-state index contributed by atoms with van der Waals surface area (Å²) in [5.41, 5.74) is 3.02. The van der Waals surface area contributed by atoms with Gasteiger partial charge in [-0.2, -0.15) is 13.2 Å². The normalized spacial score (nSPS) is 18.0. The first-order chi connectivity index (χ1) is 14.2. The number of hydrogen-bond donors (Lipinski definition) is 4. The van der Waals surface area contributed by atoms with Crippen molar-refractivity contribution in [3.8, 4) is 11.4 Å². The topological polar surface area (TPSA) is 116 Å². The van der Waals surface area contributed by atoms with E-state index in [-0.39, 0.29) is 5.91 Å². The molecule has 1 atom stereocenters. The third kappa shape index (κ3) is 5.66. The average molecular weight is 423 g/mol. The molecule has 30 heavy (non-hydrogen) atoms. The van der Waals surface area contributed by atoms with E-state index < -0.39 is 12.1 Å². The molecular weight excluding hydrogens is 403 g/mol. The first-order valence-corrected chi connectivity index (χ1v) is 9.26. The van der Waals surface area contributed by atoms with E-state index in [9.17, 15) is 18.0 Å². The summed E-state index contributed by atoms with van der Waals surface area (Å²) in [5.74, 6) is -1.11. The van der Waals surface area contributed by atoms with Gasteiger partial charge in [-0.05, 0) is 49.2 Å². The minimum atomic E-state index is -5.08. The van der Waals surface area contributed by atoms with Gasteiger partial charge in [0.25, 0.3) is 0 Å². The first kappa shape index (κ1) is 21.5. The van der Waals surface area contributed by atoms with Crippen molar-refractivity contribution in [3.63, 3.8) is 0 Å². The van der Waals surface area contributed by atoms with Crippen LogP contribution in [0.5, 0.6) is 0 Å². The number of amides is 1. The lowest BCUT2D eigenvalue weighted by atomic mass is 10.00. The van der Waals surface area contributed by atoms with Crippen molar-refractivity contribution in [2.45, 2.75) is 31.5 Å². The Morgan fingerprint density at radius 3 is 2.67 bits per heavy atom. The Morgan fingerprint density at radius 1 is 1.23 bits per heavy atom. The number of hydrogen-bond acceptors (Lipinski definition) is 6. The number of aliphatic carboxylic acids is 1. The average Bonchev–Trinajstić information content (AvgIpc) is 3.20. The van der Waals surface area contributed by atoms with Crippen molar-refractivity contribution in [2.75, 3.05) is 23.7 Å². The fraction of sp³-hybridized carbons (Fsp3) is 0.368. The lowest BCUT2D eigenvalue weighted by molar-refractivity contribution is -0.192. The molecule has 1 aromatic carbocycles. The summed E-state index contributed by atoms with van der Waals surface area (Å²) in [7, 11) is 0. The number of carbonyl (C=O) groups excluding carboxylic acids is 1. The second-order valence-electron chi connectivity index (χ2n) is 6.82. The molecule has 0 aliphatic carbocycles. The van der Waals surface area contributed by atoms with Crippen LogP contribution in [0, 0.1) is 0 Å². The zero-order chi connectivity index (χ0) is 21.7. The summed E-state index contributed by atoms with van der Waals surface area (Å²) >= 11 is 0. The standard InChI is InChI=1S/C17H19N5O.C2HF3O2/c23-16-4-2-11-9-12(1-3-14(11)21-16)17-19-8-6-15(22-17)20-13-5-7-18-10-13;3-2(4,5)1(6)7/h1,3,6,8-9,13,18H,2,4-5,7,10H2,(H,21,23)(H,19,20,22);(H,6,7). The van der Waals surface area contributed by atoms with E-state index in [1.807, 2.05) is 18.2 Å². The molecule has 1 aromatic heterocycles. The fourth-order valence-electron chi connectivity index (χ4n) is 3.09. The molecule has 3 heterocycles. The van der Waals surface area contributed by atoms with Crippen LogP contribution in [0.1, 0.15) is 18.4 Å². The molecule has 1 amide bonds. The van der Waals surface area contributed by atoms with Gasteiger partial charge >= 0.3 is 12.1 Å². The Labute approximate surface area is 169 Å². The fourth-order valence-corrected chi connectivity index (χ4v) is 3.09. The molecule has 4 N–H and O–H groups in total. The van der Waals surface area contributed by atoms with E-state index in [1.165, 1.54) is 0 Å². The van der Waals surface area contributed by atoms with Gasteiger partial charge < -0.3 is 21.1 Å². The van der Waals surface area contributed by atoms with Crippen LogP contribution in [0.3, 0.4) is 0 Å². The molecule has 2 aliphatic heterocycles. The molecule has 0 saturated carbocycles. The van der Waals surface area contributed by atoms with Crippen LogP contribution in [-0.4, -0.2) is 52.3 Å². The van der Waals surface area contributed by atoms with Crippen LogP contribution in [0.15, 0.2) is 30.5 Å². The maximum Gasteiger partial charge on any atom is 0.490 e.